The number of urea groups is 1. The molecule has 4 heteroatoms. The molecule has 0 spiro atoms. The Labute approximate surface area is 115 Å². The van der Waals surface area contributed by atoms with Crippen molar-refractivity contribution in [3.63, 3.8) is 0 Å². The van der Waals surface area contributed by atoms with Gasteiger partial charge in [0.1, 0.15) is 0 Å². The van der Waals surface area contributed by atoms with Crippen molar-refractivity contribution in [3.05, 3.63) is 29.8 Å². The van der Waals surface area contributed by atoms with E-state index in [-0.39, 0.29) is 6.03 Å². The SMILES string of the molecule is Cc1cccc(NC(=O)N(C)CC2CCNCC2)c1. The lowest BCUT2D eigenvalue weighted by molar-refractivity contribution is 0.206. The third-order valence-electron chi connectivity index (χ3n) is 3.61. The molecule has 0 aliphatic carbocycles. The molecule has 1 fully saturated rings. The third kappa shape index (κ3) is 4.24. The molecule has 0 saturated carbocycles. The van der Waals surface area contributed by atoms with Crippen LogP contribution in [0, 0.1) is 12.8 Å². The van der Waals surface area contributed by atoms with E-state index in [1.54, 1.807) is 4.90 Å². The standard InChI is InChI=1S/C15H23N3O/c1-12-4-3-5-14(10-12)17-15(19)18(2)11-13-6-8-16-9-7-13/h3-5,10,13,16H,6-9,11H2,1-2H3,(H,17,19). The van der Waals surface area contributed by atoms with Gasteiger partial charge in [0.15, 0.2) is 0 Å². The maximum atomic E-state index is 12.1. The molecule has 0 aromatic heterocycles. The van der Waals surface area contributed by atoms with Gasteiger partial charge >= 0.3 is 6.03 Å². The van der Waals surface area contributed by atoms with Gasteiger partial charge in [-0.05, 0) is 56.5 Å². The second-order valence-electron chi connectivity index (χ2n) is 5.37. The van der Waals surface area contributed by atoms with Crippen molar-refractivity contribution < 1.29 is 4.79 Å². The average molecular weight is 261 g/mol. The lowest BCUT2D eigenvalue weighted by atomic mass is 9.98. The summed E-state index contributed by atoms with van der Waals surface area (Å²) >= 11 is 0. The largest absolute Gasteiger partial charge is 0.327 e. The Bertz CT molecular complexity index is 427. The van der Waals surface area contributed by atoms with Gasteiger partial charge in [0.05, 0.1) is 0 Å². The number of hydrogen-bond donors (Lipinski definition) is 2. The first-order valence-corrected chi connectivity index (χ1v) is 6.94. The second kappa shape index (κ2) is 6.57. The summed E-state index contributed by atoms with van der Waals surface area (Å²) in [6, 6.07) is 7.86. The van der Waals surface area contributed by atoms with Crippen LogP contribution < -0.4 is 10.6 Å². The summed E-state index contributed by atoms with van der Waals surface area (Å²) in [5, 5.41) is 6.29. The Morgan fingerprint density at radius 1 is 1.42 bits per heavy atom. The van der Waals surface area contributed by atoms with E-state index in [1.807, 2.05) is 38.2 Å². The zero-order valence-corrected chi connectivity index (χ0v) is 11.8. The molecule has 1 aliphatic heterocycles. The van der Waals surface area contributed by atoms with E-state index in [9.17, 15) is 4.79 Å². The van der Waals surface area contributed by atoms with Gasteiger partial charge in [-0.2, -0.15) is 0 Å². The molecule has 0 radical (unpaired) electrons. The van der Waals surface area contributed by atoms with Gasteiger partial charge in [0.25, 0.3) is 0 Å². The van der Waals surface area contributed by atoms with Crippen molar-refractivity contribution in [1.29, 1.82) is 0 Å². The summed E-state index contributed by atoms with van der Waals surface area (Å²) in [5.74, 6) is 0.620. The first-order chi connectivity index (χ1) is 9.15. The van der Waals surface area contributed by atoms with Crippen LogP contribution in [0.3, 0.4) is 0 Å². The van der Waals surface area contributed by atoms with Crippen LogP contribution in [0.4, 0.5) is 10.5 Å². The average Bonchev–Trinajstić information content (AvgIpc) is 2.40. The van der Waals surface area contributed by atoms with Crippen molar-refractivity contribution in [1.82, 2.24) is 10.2 Å². The number of aryl methyl sites for hydroxylation is 1. The first-order valence-electron chi connectivity index (χ1n) is 6.94. The second-order valence-corrected chi connectivity index (χ2v) is 5.37. The van der Waals surface area contributed by atoms with Crippen LogP contribution in [0.1, 0.15) is 18.4 Å². The number of carbonyl (C=O) groups is 1. The Kier molecular flexibility index (Phi) is 4.80. The molecule has 2 rings (SSSR count). The van der Waals surface area contributed by atoms with Gasteiger partial charge in [0.2, 0.25) is 0 Å². The summed E-state index contributed by atoms with van der Waals surface area (Å²) in [7, 11) is 1.87. The van der Waals surface area contributed by atoms with Gasteiger partial charge in [0, 0.05) is 19.3 Å². The van der Waals surface area contributed by atoms with Crippen molar-refractivity contribution in [3.8, 4) is 0 Å². The number of nitrogens with one attached hydrogen (secondary N) is 2. The number of amides is 2. The smallest absolute Gasteiger partial charge is 0.321 e. The Morgan fingerprint density at radius 3 is 2.84 bits per heavy atom. The lowest BCUT2D eigenvalue weighted by Gasteiger charge is -2.27. The third-order valence-corrected chi connectivity index (χ3v) is 3.61. The summed E-state index contributed by atoms with van der Waals surface area (Å²) in [5.41, 5.74) is 2.01. The number of anilines is 1. The van der Waals surface area contributed by atoms with E-state index in [0.717, 1.165) is 43.7 Å². The molecule has 0 unspecified atom stereocenters. The quantitative estimate of drug-likeness (QED) is 0.878. The fourth-order valence-corrected chi connectivity index (χ4v) is 2.48. The number of piperidine rings is 1. The molecular weight excluding hydrogens is 238 g/mol. The zero-order chi connectivity index (χ0) is 13.7. The van der Waals surface area contributed by atoms with Crippen LogP contribution in [0.25, 0.3) is 0 Å². The molecule has 1 saturated heterocycles. The van der Waals surface area contributed by atoms with Gasteiger partial charge in [-0.1, -0.05) is 12.1 Å². The Hall–Kier alpha value is -1.55. The number of rotatable bonds is 3. The zero-order valence-electron chi connectivity index (χ0n) is 11.8. The van der Waals surface area contributed by atoms with Crippen LogP contribution in [0.5, 0.6) is 0 Å². The minimum Gasteiger partial charge on any atom is -0.327 e. The van der Waals surface area contributed by atoms with E-state index in [2.05, 4.69) is 10.6 Å². The predicted octanol–water partition coefficient (Wildman–Crippen LogP) is 2.46. The number of hydrogen-bond acceptors (Lipinski definition) is 2. The van der Waals surface area contributed by atoms with Gasteiger partial charge < -0.3 is 15.5 Å². The molecule has 104 valence electrons. The first kappa shape index (κ1) is 13.9. The maximum Gasteiger partial charge on any atom is 0.321 e. The van der Waals surface area contributed by atoms with E-state index in [0.29, 0.717) is 5.92 Å². The summed E-state index contributed by atoms with van der Waals surface area (Å²) < 4.78 is 0. The van der Waals surface area contributed by atoms with Crippen LogP contribution in [-0.2, 0) is 0 Å². The van der Waals surface area contributed by atoms with E-state index < -0.39 is 0 Å². The Balaban J connectivity index is 1.84. The minimum absolute atomic E-state index is 0.0240. The van der Waals surface area contributed by atoms with Gasteiger partial charge in [-0.15, -0.1) is 0 Å². The molecule has 19 heavy (non-hydrogen) atoms. The summed E-state index contributed by atoms with van der Waals surface area (Å²) in [4.78, 5) is 13.9. The highest BCUT2D eigenvalue weighted by Gasteiger charge is 2.17. The Morgan fingerprint density at radius 2 is 2.16 bits per heavy atom. The number of nitrogens with zero attached hydrogens (tertiary/aromatic N) is 1. The molecule has 1 heterocycles. The van der Waals surface area contributed by atoms with Crippen LogP contribution in [0.15, 0.2) is 24.3 Å². The van der Waals surface area contributed by atoms with Gasteiger partial charge in [-0.3, -0.25) is 0 Å². The van der Waals surface area contributed by atoms with Crippen LogP contribution in [-0.4, -0.2) is 37.6 Å². The normalized spacial score (nSPS) is 16.1. The van der Waals surface area contributed by atoms with Crippen molar-refractivity contribution in [2.75, 3.05) is 32.0 Å². The highest BCUT2D eigenvalue weighted by atomic mass is 16.2. The monoisotopic (exact) mass is 261 g/mol. The topological polar surface area (TPSA) is 44.4 Å². The van der Waals surface area contributed by atoms with Crippen molar-refractivity contribution in [2.24, 2.45) is 5.92 Å². The molecule has 0 atom stereocenters. The maximum absolute atomic E-state index is 12.1. The molecule has 1 aromatic carbocycles. The highest BCUT2D eigenvalue weighted by Crippen LogP contribution is 2.14. The fraction of sp³-hybridized carbons (Fsp3) is 0.533. The van der Waals surface area contributed by atoms with Crippen molar-refractivity contribution in [2.45, 2.75) is 19.8 Å². The number of carbonyl (C=O) groups excluding carboxylic acids is 1. The summed E-state index contributed by atoms with van der Waals surface area (Å²) in [6.45, 7) is 4.99. The van der Waals surface area contributed by atoms with Gasteiger partial charge in [-0.25, -0.2) is 4.79 Å². The fourth-order valence-electron chi connectivity index (χ4n) is 2.48. The number of benzene rings is 1. The highest BCUT2D eigenvalue weighted by molar-refractivity contribution is 5.89. The molecular formula is C15H23N3O. The predicted molar refractivity (Wildman–Crippen MR) is 78.4 cm³/mol. The van der Waals surface area contributed by atoms with Crippen molar-refractivity contribution >= 4 is 11.7 Å². The van der Waals surface area contributed by atoms with E-state index in [1.165, 1.54) is 0 Å². The van der Waals surface area contributed by atoms with E-state index >= 15 is 0 Å². The lowest BCUT2D eigenvalue weighted by Crippen LogP contribution is -2.39. The van der Waals surface area contributed by atoms with Crippen LogP contribution >= 0.6 is 0 Å². The molecule has 4 nitrogen and oxygen atoms in total. The minimum atomic E-state index is -0.0240. The molecule has 0 bridgehead atoms. The molecule has 1 aromatic rings. The van der Waals surface area contributed by atoms with Crippen LogP contribution in [0.2, 0.25) is 0 Å². The van der Waals surface area contributed by atoms with E-state index in [4.69, 9.17) is 0 Å². The molecule has 1 aliphatic rings. The summed E-state index contributed by atoms with van der Waals surface area (Å²) in [6.07, 6.45) is 2.31. The molecule has 2 amide bonds. The molecule has 2 N–H and O–H groups in total.